The Morgan fingerprint density at radius 2 is 2.43 bits per heavy atom. The summed E-state index contributed by atoms with van der Waals surface area (Å²) < 4.78 is 5.23. The Kier molecular flexibility index (Phi) is 4.28. The molecule has 1 aromatic heterocycles. The second-order valence-electron chi connectivity index (χ2n) is 2.89. The summed E-state index contributed by atoms with van der Waals surface area (Å²) in [5.41, 5.74) is 0.283. The van der Waals surface area contributed by atoms with Gasteiger partial charge >= 0.3 is 0 Å². The highest BCUT2D eigenvalue weighted by Gasteiger charge is 1.99. The van der Waals surface area contributed by atoms with Gasteiger partial charge in [0.15, 0.2) is 0 Å². The third-order valence-corrected chi connectivity index (χ3v) is 1.59. The highest BCUT2D eigenvalue weighted by Crippen LogP contribution is 1.95. The molecule has 5 nitrogen and oxygen atoms in total. The van der Waals surface area contributed by atoms with Gasteiger partial charge in [-0.25, -0.2) is 4.98 Å². The van der Waals surface area contributed by atoms with Crippen LogP contribution < -0.4 is 5.56 Å². The number of aromatic nitrogens is 2. The zero-order chi connectivity index (χ0) is 10.4. The van der Waals surface area contributed by atoms with E-state index in [1.807, 2.05) is 6.92 Å². The molecule has 0 aliphatic carbocycles. The monoisotopic (exact) mass is 198 g/mol. The number of hydrogen-bond donors (Lipinski definition) is 2. The summed E-state index contributed by atoms with van der Waals surface area (Å²) in [7, 11) is 0. The summed E-state index contributed by atoms with van der Waals surface area (Å²) in [6, 6.07) is 1.37. The first-order valence-corrected chi connectivity index (χ1v) is 4.54. The quantitative estimate of drug-likeness (QED) is 0.662. The first kappa shape index (κ1) is 10.9. The highest BCUT2D eigenvalue weighted by atomic mass is 16.5. The molecule has 0 saturated heterocycles. The van der Waals surface area contributed by atoms with Gasteiger partial charge in [0.1, 0.15) is 12.4 Å². The molecular formula is C9H14N2O3. The first-order valence-electron chi connectivity index (χ1n) is 4.54. The minimum absolute atomic E-state index is 0.265. The van der Waals surface area contributed by atoms with E-state index in [1.165, 1.54) is 6.07 Å². The Morgan fingerprint density at radius 3 is 3.07 bits per heavy atom. The SMILES string of the molecule is CCCOCc1cc(=O)[nH]c(CO)n1. The Balaban J connectivity index is 2.67. The van der Waals surface area contributed by atoms with E-state index in [1.54, 1.807) is 0 Å². The molecule has 78 valence electrons. The number of rotatable bonds is 5. The molecule has 0 radical (unpaired) electrons. The molecule has 0 aliphatic rings. The average molecular weight is 198 g/mol. The van der Waals surface area contributed by atoms with Gasteiger partial charge in [0, 0.05) is 12.7 Å². The van der Waals surface area contributed by atoms with Gasteiger partial charge in [-0.15, -0.1) is 0 Å². The lowest BCUT2D eigenvalue weighted by Crippen LogP contribution is -2.13. The van der Waals surface area contributed by atoms with Crippen LogP contribution in [0.1, 0.15) is 24.9 Å². The summed E-state index contributed by atoms with van der Waals surface area (Å²) in [6.07, 6.45) is 0.927. The second kappa shape index (κ2) is 5.51. The maximum absolute atomic E-state index is 11.0. The van der Waals surface area contributed by atoms with Gasteiger partial charge in [0.05, 0.1) is 12.3 Å². The molecule has 0 bridgehead atoms. The van der Waals surface area contributed by atoms with E-state index in [-0.39, 0.29) is 18.0 Å². The Hall–Kier alpha value is -1.20. The number of hydrogen-bond acceptors (Lipinski definition) is 4. The van der Waals surface area contributed by atoms with Gasteiger partial charge in [-0.1, -0.05) is 6.92 Å². The normalized spacial score (nSPS) is 10.4. The van der Waals surface area contributed by atoms with Crippen molar-refractivity contribution in [2.75, 3.05) is 6.61 Å². The van der Waals surface area contributed by atoms with Crippen LogP contribution in [0.15, 0.2) is 10.9 Å². The van der Waals surface area contributed by atoms with E-state index >= 15 is 0 Å². The number of nitrogens with one attached hydrogen (secondary N) is 1. The standard InChI is InChI=1S/C9H14N2O3/c1-2-3-14-6-7-4-9(13)11-8(5-12)10-7/h4,12H,2-3,5-6H2,1H3,(H,10,11,13). The van der Waals surface area contributed by atoms with Crippen LogP contribution in [0.3, 0.4) is 0 Å². The van der Waals surface area contributed by atoms with Gasteiger partial charge in [-0.2, -0.15) is 0 Å². The molecule has 0 amide bonds. The molecule has 0 aromatic carbocycles. The van der Waals surface area contributed by atoms with Gasteiger partial charge in [-0.3, -0.25) is 4.79 Å². The molecule has 14 heavy (non-hydrogen) atoms. The molecule has 0 unspecified atom stereocenters. The molecule has 0 saturated carbocycles. The number of aliphatic hydroxyl groups is 1. The molecule has 5 heteroatoms. The van der Waals surface area contributed by atoms with E-state index in [0.717, 1.165) is 6.42 Å². The Morgan fingerprint density at radius 1 is 1.64 bits per heavy atom. The van der Waals surface area contributed by atoms with Crippen molar-refractivity contribution in [2.45, 2.75) is 26.6 Å². The van der Waals surface area contributed by atoms with Crippen molar-refractivity contribution >= 4 is 0 Å². The molecule has 1 aromatic rings. The fraction of sp³-hybridized carbons (Fsp3) is 0.556. The minimum Gasteiger partial charge on any atom is -0.388 e. The van der Waals surface area contributed by atoms with Gasteiger partial charge in [0.2, 0.25) is 0 Å². The summed E-state index contributed by atoms with van der Waals surface area (Å²) in [4.78, 5) is 17.4. The van der Waals surface area contributed by atoms with Gasteiger partial charge in [-0.05, 0) is 6.42 Å². The molecule has 0 spiro atoms. The maximum atomic E-state index is 11.0. The van der Waals surface area contributed by atoms with Crippen LogP contribution in [0.25, 0.3) is 0 Å². The second-order valence-corrected chi connectivity index (χ2v) is 2.89. The van der Waals surface area contributed by atoms with E-state index in [4.69, 9.17) is 9.84 Å². The van der Waals surface area contributed by atoms with Crippen molar-refractivity contribution in [3.63, 3.8) is 0 Å². The summed E-state index contributed by atoms with van der Waals surface area (Å²) in [6.45, 7) is 2.69. The Labute approximate surface area is 81.8 Å². The number of aliphatic hydroxyl groups excluding tert-OH is 1. The molecular weight excluding hydrogens is 184 g/mol. The number of ether oxygens (including phenoxy) is 1. The lowest BCUT2D eigenvalue weighted by molar-refractivity contribution is 0.118. The summed E-state index contributed by atoms with van der Waals surface area (Å²) in [5.74, 6) is 0.271. The molecule has 2 N–H and O–H groups in total. The van der Waals surface area contributed by atoms with Crippen LogP contribution in [0.4, 0.5) is 0 Å². The van der Waals surface area contributed by atoms with Crippen molar-refractivity contribution < 1.29 is 9.84 Å². The van der Waals surface area contributed by atoms with Crippen LogP contribution >= 0.6 is 0 Å². The van der Waals surface area contributed by atoms with Crippen LogP contribution in [-0.2, 0) is 18.0 Å². The first-order chi connectivity index (χ1) is 6.76. The van der Waals surface area contributed by atoms with Crippen molar-refractivity contribution in [3.05, 3.63) is 27.9 Å². The van der Waals surface area contributed by atoms with Crippen molar-refractivity contribution in [1.82, 2.24) is 9.97 Å². The lowest BCUT2D eigenvalue weighted by Gasteiger charge is -2.02. The average Bonchev–Trinajstić information content (AvgIpc) is 2.17. The van der Waals surface area contributed by atoms with Crippen molar-refractivity contribution in [1.29, 1.82) is 0 Å². The zero-order valence-corrected chi connectivity index (χ0v) is 8.12. The zero-order valence-electron chi connectivity index (χ0n) is 8.12. The topological polar surface area (TPSA) is 75.2 Å². The lowest BCUT2D eigenvalue weighted by atomic mass is 10.4. The van der Waals surface area contributed by atoms with Crippen LogP contribution in [-0.4, -0.2) is 21.7 Å². The van der Waals surface area contributed by atoms with E-state index in [9.17, 15) is 4.79 Å². The van der Waals surface area contributed by atoms with Crippen LogP contribution in [0, 0.1) is 0 Å². The minimum atomic E-state index is -0.267. The van der Waals surface area contributed by atoms with E-state index in [0.29, 0.717) is 18.9 Å². The number of nitrogens with zero attached hydrogens (tertiary/aromatic N) is 1. The van der Waals surface area contributed by atoms with E-state index < -0.39 is 0 Å². The molecule has 0 aliphatic heterocycles. The number of H-pyrrole nitrogens is 1. The van der Waals surface area contributed by atoms with Crippen LogP contribution in [0.5, 0.6) is 0 Å². The molecule has 1 rings (SSSR count). The highest BCUT2D eigenvalue weighted by molar-refractivity contribution is 5.00. The fourth-order valence-electron chi connectivity index (χ4n) is 1.03. The molecule has 0 atom stereocenters. The third kappa shape index (κ3) is 3.27. The van der Waals surface area contributed by atoms with E-state index in [2.05, 4.69) is 9.97 Å². The maximum Gasteiger partial charge on any atom is 0.251 e. The largest absolute Gasteiger partial charge is 0.388 e. The van der Waals surface area contributed by atoms with Crippen LogP contribution in [0.2, 0.25) is 0 Å². The van der Waals surface area contributed by atoms with Crippen molar-refractivity contribution in [3.8, 4) is 0 Å². The third-order valence-electron chi connectivity index (χ3n) is 1.59. The molecule has 1 heterocycles. The number of aromatic amines is 1. The Bertz CT molecular complexity index is 335. The summed E-state index contributed by atoms with van der Waals surface area (Å²) >= 11 is 0. The van der Waals surface area contributed by atoms with Crippen molar-refractivity contribution in [2.24, 2.45) is 0 Å². The predicted molar refractivity (Wildman–Crippen MR) is 50.7 cm³/mol. The fourth-order valence-corrected chi connectivity index (χ4v) is 1.03. The van der Waals surface area contributed by atoms with Gasteiger partial charge < -0.3 is 14.8 Å². The smallest absolute Gasteiger partial charge is 0.251 e. The molecule has 0 fully saturated rings. The predicted octanol–water partition coefficient (Wildman–Crippen LogP) is 0.189. The van der Waals surface area contributed by atoms with Gasteiger partial charge in [0.25, 0.3) is 5.56 Å². The summed E-state index contributed by atoms with van der Waals surface area (Å²) in [5, 5.41) is 8.78.